The molecular formula is C46H54N12O4S2. The number of fused-ring (bicyclic) bond motifs is 4. The third-order valence-electron chi connectivity index (χ3n) is 13.2. The van der Waals surface area contributed by atoms with Gasteiger partial charge in [0, 0.05) is 76.2 Å². The SMILES string of the molecule is Cc1ccc2nc(N3CCS(=O)(=O)c4ccccc4C3)nc(NCC3(N)CN(C(C)N4CC(N)(CNc5nc(N6CCS(=O)(=O)c7ccccc7C6)nc6ccc(C)cc56)C4)C3)c2c1. The lowest BCUT2D eigenvalue weighted by molar-refractivity contribution is -0.0799. The average molecular weight is 903 g/mol. The lowest BCUT2D eigenvalue weighted by Crippen LogP contribution is -2.78. The van der Waals surface area contributed by atoms with Gasteiger partial charge in [0.1, 0.15) is 11.6 Å². The smallest absolute Gasteiger partial charge is 0.228 e. The lowest BCUT2D eigenvalue weighted by Gasteiger charge is -2.58. The second-order valence-electron chi connectivity index (χ2n) is 18.4. The van der Waals surface area contributed by atoms with Crippen molar-refractivity contribution in [2.75, 3.05) is 84.3 Å². The zero-order valence-corrected chi connectivity index (χ0v) is 38.0. The Labute approximate surface area is 373 Å². The van der Waals surface area contributed by atoms with E-state index in [9.17, 15) is 16.8 Å². The van der Waals surface area contributed by atoms with Crippen molar-refractivity contribution in [1.82, 2.24) is 29.7 Å². The summed E-state index contributed by atoms with van der Waals surface area (Å²) in [5, 5.41) is 8.92. The minimum Gasteiger partial charge on any atom is -0.367 e. The molecule has 4 aliphatic rings. The second-order valence-corrected chi connectivity index (χ2v) is 22.5. The first-order valence-corrected chi connectivity index (χ1v) is 25.1. The first kappa shape index (κ1) is 42.5. The zero-order valence-electron chi connectivity index (χ0n) is 36.3. The maximum absolute atomic E-state index is 13.1. The number of anilines is 4. The topological polar surface area (TPSA) is 209 Å². The Kier molecular flexibility index (Phi) is 10.5. The van der Waals surface area contributed by atoms with E-state index in [0.29, 0.717) is 85.7 Å². The lowest BCUT2D eigenvalue weighted by atomic mass is 9.87. The van der Waals surface area contributed by atoms with Crippen LogP contribution >= 0.6 is 0 Å². The van der Waals surface area contributed by atoms with Gasteiger partial charge in [-0.05, 0) is 68.3 Å². The maximum Gasteiger partial charge on any atom is 0.228 e. The van der Waals surface area contributed by atoms with E-state index in [1.807, 2.05) is 72.2 Å². The van der Waals surface area contributed by atoms with Crippen molar-refractivity contribution < 1.29 is 16.8 Å². The Bertz CT molecular complexity index is 2830. The number of hydrogen-bond donors (Lipinski definition) is 4. The van der Waals surface area contributed by atoms with Gasteiger partial charge < -0.3 is 31.9 Å². The molecule has 334 valence electrons. The Hall–Kier alpha value is -5.50. The van der Waals surface area contributed by atoms with Gasteiger partial charge in [0.05, 0.1) is 49.6 Å². The van der Waals surface area contributed by atoms with Crippen LogP contribution in [0.1, 0.15) is 29.2 Å². The molecule has 2 fully saturated rings. The molecule has 18 heteroatoms. The molecule has 16 nitrogen and oxygen atoms in total. The summed E-state index contributed by atoms with van der Waals surface area (Å²) in [6, 6.07) is 26.4. The summed E-state index contributed by atoms with van der Waals surface area (Å²) in [4.78, 5) is 29.1. The highest BCUT2D eigenvalue weighted by molar-refractivity contribution is 7.91. The molecule has 6 N–H and O–H groups in total. The summed E-state index contributed by atoms with van der Waals surface area (Å²) in [6.07, 6.45) is 0.126. The number of likely N-dealkylation sites (tertiary alicyclic amines) is 2. The number of aromatic nitrogens is 4. The van der Waals surface area contributed by atoms with E-state index in [2.05, 4.69) is 39.5 Å². The molecule has 0 saturated carbocycles. The van der Waals surface area contributed by atoms with Crippen molar-refractivity contribution in [2.24, 2.45) is 11.5 Å². The Morgan fingerprint density at radius 3 is 1.44 bits per heavy atom. The van der Waals surface area contributed by atoms with Gasteiger partial charge >= 0.3 is 0 Å². The van der Waals surface area contributed by atoms with E-state index in [1.54, 1.807) is 24.3 Å². The number of nitrogens with zero attached hydrogens (tertiary/aromatic N) is 8. The summed E-state index contributed by atoms with van der Waals surface area (Å²) in [5.74, 6) is 2.25. The number of aryl methyl sites for hydroxylation is 2. The van der Waals surface area contributed by atoms with Crippen LogP contribution in [0.25, 0.3) is 21.8 Å². The zero-order chi connectivity index (χ0) is 44.6. The quantitative estimate of drug-likeness (QED) is 0.155. The highest BCUT2D eigenvalue weighted by atomic mass is 32.2. The molecule has 0 radical (unpaired) electrons. The van der Waals surface area contributed by atoms with Crippen molar-refractivity contribution in [2.45, 2.75) is 60.9 Å². The van der Waals surface area contributed by atoms with Crippen LogP contribution in [-0.4, -0.2) is 128 Å². The fourth-order valence-electron chi connectivity index (χ4n) is 9.51. The van der Waals surface area contributed by atoms with Crippen molar-refractivity contribution in [3.05, 3.63) is 107 Å². The largest absolute Gasteiger partial charge is 0.367 e. The van der Waals surface area contributed by atoms with E-state index in [0.717, 1.165) is 44.1 Å². The molecule has 0 bridgehead atoms. The van der Waals surface area contributed by atoms with Crippen LogP contribution in [0.3, 0.4) is 0 Å². The molecule has 0 amide bonds. The Morgan fingerprint density at radius 2 is 1.02 bits per heavy atom. The summed E-state index contributed by atoms with van der Waals surface area (Å²) in [7, 11) is -6.87. The second kappa shape index (κ2) is 15.9. The molecular weight excluding hydrogens is 849 g/mol. The molecule has 10 rings (SSSR count). The number of hydrogen-bond acceptors (Lipinski definition) is 16. The van der Waals surface area contributed by atoms with Crippen LogP contribution in [0.4, 0.5) is 23.5 Å². The van der Waals surface area contributed by atoms with Gasteiger partial charge in [-0.2, -0.15) is 9.97 Å². The molecule has 64 heavy (non-hydrogen) atoms. The molecule has 2 aromatic heterocycles. The molecule has 0 spiro atoms. The first-order chi connectivity index (χ1) is 30.5. The minimum absolute atomic E-state index is 0.0210. The number of sulfone groups is 2. The fraction of sp³-hybridized carbons (Fsp3) is 0.391. The van der Waals surface area contributed by atoms with E-state index in [1.165, 1.54) is 0 Å². The van der Waals surface area contributed by atoms with Gasteiger partial charge in [0.25, 0.3) is 0 Å². The van der Waals surface area contributed by atoms with Gasteiger partial charge in [-0.1, -0.05) is 59.7 Å². The number of nitrogens with two attached hydrogens (primary N) is 2. The minimum atomic E-state index is -3.43. The third-order valence-corrected chi connectivity index (χ3v) is 16.8. The predicted octanol–water partition coefficient (Wildman–Crippen LogP) is 3.67. The first-order valence-electron chi connectivity index (χ1n) is 21.8. The van der Waals surface area contributed by atoms with Crippen LogP contribution in [0.2, 0.25) is 0 Å². The average Bonchev–Trinajstić information content (AvgIpc) is 3.48. The van der Waals surface area contributed by atoms with Crippen LogP contribution < -0.4 is 31.9 Å². The molecule has 6 heterocycles. The highest BCUT2D eigenvalue weighted by Crippen LogP contribution is 2.34. The molecule has 4 aromatic carbocycles. The van der Waals surface area contributed by atoms with Crippen molar-refractivity contribution in [3.8, 4) is 0 Å². The van der Waals surface area contributed by atoms with Crippen LogP contribution in [0.5, 0.6) is 0 Å². The van der Waals surface area contributed by atoms with E-state index >= 15 is 0 Å². The standard InChI is InChI=1S/C46H54N12O4S2/c1-30-12-14-37-35(20-30)41(53-43(51-37)55-16-18-63(59,60)39-10-6-4-8-33(39)22-55)49-24-45(47)26-57(27-45)32(3)58-28-46(48,29-58)25-50-42-36-21-31(2)13-15-38(36)52-44(54-42)56-17-19-64(61,62)40-11-7-5-9-34(40)23-56/h4-15,20-21,32H,16-19,22-29,47-48H2,1-3H3,(H,49,51,53)(H,50,52,54). The van der Waals surface area contributed by atoms with Crippen molar-refractivity contribution in [3.63, 3.8) is 0 Å². The third kappa shape index (κ3) is 8.11. The number of benzene rings is 4. The van der Waals surface area contributed by atoms with E-state index in [4.69, 9.17) is 31.4 Å². The van der Waals surface area contributed by atoms with Crippen molar-refractivity contribution >= 4 is 65.0 Å². The summed E-state index contributed by atoms with van der Waals surface area (Å²) >= 11 is 0. The normalized spacial score (nSPS) is 20.2. The van der Waals surface area contributed by atoms with Gasteiger partial charge in [-0.15, -0.1) is 0 Å². The monoisotopic (exact) mass is 902 g/mol. The maximum atomic E-state index is 13.1. The molecule has 6 aromatic rings. The van der Waals surface area contributed by atoms with Crippen LogP contribution in [0, 0.1) is 13.8 Å². The summed E-state index contributed by atoms with van der Waals surface area (Å²) < 4.78 is 52.5. The predicted molar refractivity (Wildman–Crippen MR) is 251 cm³/mol. The van der Waals surface area contributed by atoms with E-state index in [-0.39, 0.29) is 30.8 Å². The van der Waals surface area contributed by atoms with Gasteiger partial charge in [0.15, 0.2) is 19.7 Å². The van der Waals surface area contributed by atoms with Crippen molar-refractivity contribution in [1.29, 1.82) is 0 Å². The number of rotatable bonds is 10. The Balaban J connectivity index is 0.783. The Morgan fingerprint density at radius 1 is 0.609 bits per heavy atom. The van der Waals surface area contributed by atoms with Crippen LogP contribution in [0.15, 0.2) is 94.7 Å². The summed E-state index contributed by atoms with van der Waals surface area (Å²) in [6.45, 7) is 11.3. The molecule has 0 atom stereocenters. The number of nitrogens with one attached hydrogen (secondary N) is 2. The van der Waals surface area contributed by atoms with E-state index < -0.39 is 30.8 Å². The highest BCUT2D eigenvalue weighted by Gasteiger charge is 2.48. The molecule has 0 aliphatic carbocycles. The van der Waals surface area contributed by atoms with Gasteiger partial charge in [0.2, 0.25) is 11.9 Å². The molecule has 0 unspecified atom stereocenters. The van der Waals surface area contributed by atoms with Crippen LogP contribution in [-0.2, 0) is 32.8 Å². The summed E-state index contributed by atoms with van der Waals surface area (Å²) in [5.41, 5.74) is 18.2. The molecule has 2 saturated heterocycles. The fourth-order valence-corrected chi connectivity index (χ4v) is 12.5. The van der Waals surface area contributed by atoms with Gasteiger partial charge in [-0.25, -0.2) is 26.8 Å². The molecule has 4 aliphatic heterocycles. The van der Waals surface area contributed by atoms with Gasteiger partial charge in [-0.3, -0.25) is 9.80 Å².